The molecule has 0 aromatic heterocycles. The molecular formula is C15H14BrClFN. The SMILES string of the molecule is CNC(c1cccc(Cl)c1C)c1cccc(Br)c1F. The number of rotatable bonds is 3. The maximum atomic E-state index is 14.2. The van der Waals surface area contributed by atoms with E-state index in [2.05, 4.69) is 21.2 Å². The maximum Gasteiger partial charge on any atom is 0.142 e. The Bertz CT molecular complexity index is 549. The molecule has 0 bridgehead atoms. The quantitative estimate of drug-likeness (QED) is 0.840. The summed E-state index contributed by atoms with van der Waals surface area (Å²) in [6, 6.07) is 10.7. The molecule has 100 valence electrons. The first-order chi connectivity index (χ1) is 9.06. The summed E-state index contributed by atoms with van der Waals surface area (Å²) in [6.45, 7) is 1.94. The standard InChI is InChI=1S/C15H14BrClFN/c1-9-10(5-4-8-13(9)17)15(19-2)11-6-3-7-12(16)14(11)18/h3-8,15,19H,1-2H3. The summed E-state index contributed by atoms with van der Waals surface area (Å²) in [7, 11) is 1.81. The second-order valence-electron chi connectivity index (χ2n) is 4.32. The molecule has 1 nitrogen and oxygen atoms in total. The van der Waals surface area contributed by atoms with Gasteiger partial charge in [0.1, 0.15) is 5.82 Å². The van der Waals surface area contributed by atoms with E-state index < -0.39 is 0 Å². The molecule has 2 aromatic carbocycles. The van der Waals surface area contributed by atoms with Crippen LogP contribution in [0.3, 0.4) is 0 Å². The number of benzene rings is 2. The highest BCUT2D eigenvalue weighted by molar-refractivity contribution is 9.10. The van der Waals surface area contributed by atoms with Gasteiger partial charge in [0, 0.05) is 10.6 Å². The number of hydrogen-bond donors (Lipinski definition) is 1. The molecule has 0 fully saturated rings. The Morgan fingerprint density at radius 3 is 2.47 bits per heavy atom. The van der Waals surface area contributed by atoms with Gasteiger partial charge in [-0.15, -0.1) is 0 Å². The third kappa shape index (κ3) is 2.83. The average molecular weight is 343 g/mol. The predicted octanol–water partition coefficient (Wildman–Crippen LogP) is 4.86. The molecule has 0 aliphatic carbocycles. The van der Waals surface area contributed by atoms with E-state index in [4.69, 9.17) is 11.6 Å². The van der Waals surface area contributed by atoms with Gasteiger partial charge in [-0.2, -0.15) is 0 Å². The van der Waals surface area contributed by atoms with Gasteiger partial charge < -0.3 is 5.32 Å². The first-order valence-corrected chi connectivity index (χ1v) is 7.09. The van der Waals surface area contributed by atoms with Gasteiger partial charge in [-0.1, -0.05) is 35.9 Å². The molecule has 1 atom stereocenters. The number of nitrogens with one attached hydrogen (secondary N) is 1. The molecule has 0 heterocycles. The van der Waals surface area contributed by atoms with Crippen LogP contribution in [0.25, 0.3) is 0 Å². The van der Waals surface area contributed by atoms with E-state index in [9.17, 15) is 4.39 Å². The summed E-state index contributed by atoms with van der Waals surface area (Å²) in [5, 5.41) is 3.84. The van der Waals surface area contributed by atoms with Crippen molar-refractivity contribution in [2.75, 3.05) is 7.05 Å². The van der Waals surface area contributed by atoms with Crippen LogP contribution in [0.15, 0.2) is 40.9 Å². The van der Waals surface area contributed by atoms with Gasteiger partial charge in [0.25, 0.3) is 0 Å². The zero-order valence-corrected chi connectivity index (χ0v) is 13.0. The van der Waals surface area contributed by atoms with E-state index in [1.807, 2.05) is 38.2 Å². The monoisotopic (exact) mass is 341 g/mol. The van der Waals surface area contributed by atoms with E-state index in [1.54, 1.807) is 12.1 Å². The molecule has 0 radical (unpaired) electrons. The fourth-order valence-electron chi connectivity index (χ4n) is 2.16. The fraction of sp³-hybridized carbons (Fsp3) is 0.200. The molecule has 4 heteroatoms. The molecule has 0 aliphatic heterocycles. The van der Waals surface area contributed by atoms with Gasteiger partial charge >= 0.3 is 0 Å². The number of hydrogen-bond acceptors (Lipinski definition) is 1. The highest BCUT2D eigenvalue weighted by Crippen LogP contribution is 2.31. The van der Waals surface area contributed by atoms with E-state index >= 15 is 0 Å². The Hall–Kier alpha value is -0.900. The van der Waals surface area contributed by atoms with E-state index in [0.717, 1.165) is 11.1 Å². The van der Waals surface area contributed by atoms with Gasteiger partial charge in [0.05, 0.1) is 10.5 Å². The van der Waals surface area contributed by atoms with Crippen LogP contribution >= 0.6 is 27.5 Å². The Labute approximate surface area is 125 Å². The van der Waals surface area contributed by atoms with E-state index in [1.165, 1.54) is 0 Å². The first kappa shape index (κ1) is 14.5. The Balaban J connectivity index is 2.57. The minimum absolute atomic E-state index is 0.226. The summed E-state index contributed by atoms with van der Waals surface area (Å²) in [5.74, 6) is -0.249. The van der Waals surface area contributed by atoms with Crippen LogP contribution in [-0.2, 0) is 0 Å². The molecule has 0 saturated heterocycles. The average Bonchev–Trinajstić information content (AvgIpc) is 2.40. The Morgan fingerprint density at radius 1 is 1.16 bits per heavy atom. The molecule has 19 heavy (non-hydrogen) atoms. The maximum absolute atomic E-state index is 14.2. The summed E-state index contributed by atoms with van der Waals surface area (Å²) >= 11 is 9.36. The van der Waals surface area contributed by atoms with Crippen LogP contribution in [0.1, 0.15) is 22.7 Å². The smallest absolute Gasteiger partial charge is 0.142 e. The Morgan fingerprint density at radius 2 is 1.79 bits per heavy atom. The molecular weight excluding hydrogens is 329 g/mol. The summed E-state index contributed by atoms with van der Waals surface area (Å²) in [5.41, 5.74) is 2.54. The lowest BCUT2D eigenvalue weighted by molar-refractivity contribution is 0.570. The van der Waals surface area contributed by atoms with Crippen molar-refractivity contribution in [3.05, 3.63) is 68.4 Å². The topological polar surface area (TPSA) is 12.0 Å². The van der Waals surface area contributed by atoms with Crippen molar-refractivity contribution in [2.24, 2.45) is 0 Å². The van der Waals surface area contributed by atoms with Crippen molar-refractivity contribution in [1.82, 2.24) is 5.32 Å². The lowest BCUT2D eigenvalue weighted by Gasteiger charge is -2.21. The van der Waals surface area contributed by atoms with Crippen LogP contribution in [0, 0.1) is 12.7 Å². The van der Waals surface area contributed by atoms with Gasteiger partial charge in [0.15, 0.2) is 0 Å². The largest absolute Gasteiger partial charge is 0.309 e. The zero-order valence-electron chi connectivity index (χ0n) is 10.7. The third-order valence-electron chi connectivity index (χ3n) is 3.20. The van der Waals surface area contributed by atoms with Crippen molar-refractivity contribution in [2.45, 2.75) is 13.0 Å². The van der Waals surface area contributed by atoms with Crippen LogP contribution in [-0.4, -0.2) is 7.05 Å². The fourth-order valence-corrected chi connectivity index (χ4v) is 2.72. The van der Waals surface area contributed by atoms with Crippen molar-refractivity contribution in [3.8, 4) is 0 Å². The van der Waals surface area contributed by atoms with Crippen LogP contribution < -0.4 is 5.32 Å². The lowest BCUT2D eigenvalue weighted by Crippen LogP contribution is -2.20. The van der Waals surface area contributed by atoms with Gasteiger partial charge in [0.2, 0.25) is 0 Å². The molecule has 0 aliphatic rings. The third-order valence-corrected chi connectivity index (χ3v) is 4.22. The van der Waals surface area contributed by atoms with Gasteiger partial charge in [-0.3, -0.25) is 0 Å². The predicted molar refractivity (Wildman–Crippen MR) is 81.2 cm³/mol. The minimum Gasteiger partial charge on any atom is -0.309 e. The Kier molecular flexibility index (Phi) is 4.61. The van der Waals surface area contributed by atoms with Crippen molar-refractivity contribution >= 4 is 27.5 Å². The molecule has 1 N–H and O–H groups in total. The molecule has 1 unspecified atom stereocenters. The highest BCUT2D eigenvalue weighted by atomic mass is 79.9. The molecule has 2 aromatic rings. The van der Waals surface area contributed by atoms with Crippen LogP contribution in [0.5, 0.6) is 0 Å². The second kappa shape index (κ2) is 6.04. The van der Waals surface area contributed by atoms with Crippen molar-refractivity contribution < 1.29 is 4.39 Å². The van der Waals surface area contributed by atoms with Gasteiger partial charge in [-0.05, 0) is 53.2 Å². The second-order valence-corrected chi connectivity index (χ2v) is 5.58. The molecule has 2 rings (SSSR count). The molecule has 0 saturated carbocycles. The molecule has 0 spiro atoms. The molecule has 0 amide bonds. The van der Waals surface area contributed by atoms with Crippen molar-refractivity contribution in [1.29, 1.82) is 0 Å². The van der Waals surface area contributed by atoms with E-state index in [-0.39, 0.29) is 11.9 Å². The first-order valence-electron chi connectivity index (χ1n) is 5.92. The van der Waals surface area contributed by atoms with Crippen LogP contribution in [0.2, 0.25) is 5.02 Å². The van der Waals surface area contributed by atoms with Crippen LogP contribution in [0.4, 0.5) is 4.39 Å². The highest BCUT2D eigenvalue weighted by Gasteiger charge is 2.19. The van der Waals surface area contributed by atoms with Gasteiger partial charge in [-0.25, -0.2) is 4.39 Å². The van der Waals surface area contributed by atoms with Crippen molar-refractivity contribution in [3.63, 3.8) is 0 Å². The number of halogens is 3. The van der Waals surface area contributed by atoms with E-state index in [0.29, 0.717) is 15.1 Å². The summed E-state index contributed by atoms with van der Waals surface area (Å²) < 4.78 is 14.7. The normalized spacial score (nSPS) is 12.5. The lowest BCUT2D eigenvalue weighted by atomic mass is 9.95. The zero-order chi connectivity index (χ0) is 14.0. The summed E-state index contributed by atoms with van der Waals surface area (Å²) in [4.78, 5) is 0. The minimum atomic E-state index is -0.249. The summed E-state index contributed by atoms with van der Waals surface area (Å²) in [6.07, 6.45) is 0.